The molecule has 1 fully saturated rings. The van der Waals surface area contributed by atoms with Gasteiger partial charge in [0.2, 0.25) is 0 Å². The maximum Gasteiger partial charge on any atom is 0.119 e. The van der Waals surface area contributed by atoms with Gasteiger partial charge in [0.15, 0.2) is 0 Å². The zero-order valence-corrected chi connectivity index (χ0v) is 19.6. The highest BCUT2D eigenvalue weighted by atomic mass is 28.3. The average molecular weight is 426 g/mol. The van der Waals surface area contributed by atoms with Crippen molar-refractivity contribution >= 4 is 19.0 Å². The fourth-order valence-electron chi connectivity index (χ4n) is 5.48. The second-order valence-corrected chi connectivity index (χ2v) is 14.0. The minimum atomic E-state index is -1.91. The minimum Gasteiger partial charge on any atom is -0.490 e. The molecule has 0 radical (unpaired) electrons. The first kappa shape index (κ1) is 20.1. The van der Waals surface area contributed by atoms with E-state index < -0.39 is 8.07 Å². The van der Waals surface area contributed by atoms with Crippen LogP contribution in [-0.4, -0.2) is 32.7 Å². The van der Waals surface area contributed by atoms with Crippen molar-refractivity contribution in [3.8, 4) is 5.75 Å². The second-order valence-electron chi connectivity index (χ2n) is 9.42. The van der Waals surface area contributed by atoms with E-state index in [-0.39, 0.29) is 0 Å². The second kappa shape index (κ2) is 8.05. The predicted octanol–water partition coefficient (Wildman–Crippen LogP) is 5.66. The highest BCUT2D eigenvalue weighted by Gasteiger charge is 2.42. The minimum absolute atomic E-state index is 0.432. The number of rotatable bonds is 6. The predicted molar refractivity (Wildman–Crippen MR) is 133 cm³/mol. The smallest absolute Gasteiger partial charge is 0.119 e. The molecule has 0 saturated carbocycles. The molecule has 158 valence electrons. The molecule has 0 spiro atoms. The molecule has 0 bridgehead atoms. The number of ether oxygens (including phenoxy) is 1. The Morgan fingerprint density at radius 1 is 1.13 bits per heavy atom. The van der Waals surface area contributed by atoms with Gasteiger partial charge in [-0.15, -0.1) is 0 Å². The van der Waals surface area contributed by atoms with Gasteiger partial charge in [-0.1, -0.05) is 92.5 Å². The fraction of sp³-hybridized carbons (Fsp3) is 0.286. The third-order valence-electron chi connectivity index (χ3n) is 7.16. The molecule has 1 heterocycles. The Morgan fingerprint density at radius 3 is 2.77 bits per heavy atom. The van der Waals surface area contributed by atoms with Gasteiger partial charge in [0, 0.05) is 35.8 Å². The first-order valence-corrected chi connectivity index (χ1v) is 14.4. The Hall–Kier alpha value is -2.78. The van der Waals surface area contributed by atoms with E-state index in [9.17, 15) is 0 Å². The third-order valence-corrected chi connectivity index (χ3v) is 11.0. The molecule has 0 aromatic heterocycles. The standard InChI is InChI=1S/C28H31NOSi/c1-4-17-30-26-15-9-10-16-27(26)31(2,3)28-18-25(23-13-7-8-14-24(23)28)29-19-21-11-5-6-12-22(21)20-29/h4-11,13-16,18,22,28H,1,12,17,19-20H2,2-3H3. The van der Waals surface area contributed by atoms with Crippen LogP contribution in [0.2, 0.25) is 13.1 Å². The van der Waals surface area contributed by atoms with Gasteiger partial charge in [-0.25, -0.2) is 0 Å². The molecular formula is C28H31NOSi. The Labute approximate surface area is 187 Å². The van der Waals surface area contributed by atoms with Crippen molar-refractivity contribution in [3.63, 3.8) is 0 Å². The summed E-state index contributed by atoms with van der Waals surface area (Å²) in [6.45, 7) is 11.5. The zero-order valence-electron chi connectivity index (χ0n) is 18.6. The monoisotopic (exact) mass is 425 g/mol. The first-order valence-electron chi connectivity index (χ1n) is 11.3. The molecule has 2 aromatic carbocycles. The van der Waals surface area contributed by atoms with E-state index in [1.807, 2.05) is 6.08 Å². The highest BCUT2D eigenvalue weighted by Crippen LogP contribution is 2.45. The highest BCUT2D eigenvalue weighted by molar-refractivity contribution is 6.92. The van der Waals surface area contributed by atoms with Crippen LogP contribution in [0.3, 0.4) is 0 Å². The summed E-state index contributed by atoms with van der Waals surface area (Å²) in [5.74, 6) is 1.69. The van der Waals surface area contributed by atoms with Crippen molar-refractivity contribution in [2.45, 2.75) is 25.1 Å². The van der Waals surface area contributed by atoms with E-state index in [4.69, 9.17) is 4.74 Å². The molecule has 1 aliphatic heterocycles. The summed E-state index contributed by atoms with van der Waals surface area (Å²) < 4.78 is 6.08. The van der Waals surface area contributed by atoms with Crippen molar-refractivity contribution in [1.82, 2.24) is 4.90 Å². The Bertz CT molecular complexity index is 1090. The number of likely N-dealkylation sites (tertiary alicyclic amines) is 1. The van der Waals surface area contributed by atoms with E-state index in [1.54, 1.807) is 5.57 Å². The van der Waals surface area contributed by atoms with Gasteiger partial charge < -0.3 is 9.64 Å². The molecule has 2 aliphatic carbocycles. The zero-order chi connectivity index (χ0) is 21.4. The number of benzene rings is 2. The van der Waals surface area contributed by atoms with E-state index in [0.717, 1.165) is 18.8 Å². The Morgan fingerprint density at radius 2 is 1.94 bits per heavy atom. The van der Waals surface area contributed by atoms with Crippen LogP contribution >= 0.6 is 0 Å². The molecular weight excluding hydrogens is 394 g/mol. The fourth-order valence-corrected chi connectivity index (χ4v) is 8.74. The van der Waals surface area contributed by atoms with Gasteiger partial charge in [0.1, 0.15) is 12.4 Å². The third kappa shape index (κ3) is 3.51. The number of nitrogens with zero attached hydrogens (tertiary/aromatic N) is 1. The van der Waals surface area contributed by atoms with Crippen LogP contribution < -0.4 is 9.92 Å². The molecule has 3 heteroatoms. The molecule has 31 heavy (non-hydrogen) atoms. The lowest BCUT2D eigenvalue weighted by Gasteiger charge is -2.31. The van der Waals surface area contributed by atoms with Gasteiger partial charge in [0.05, 0.1) is 8.07 Å². The Kier molecular flexibility index (Phi) is 5.23. The van der Waals surface area contributed by atoms with Gasteiger partial charge in [-0.3, -0.25) is 0 Å². The molecule has 2 aromatic rings. The summed E-state index contributed by atoms with van der Waals surface area (Å²) in [5, 5.41) is 1.39. The summed E-state index contributed by atoms with van der Waals surface area (Å²) in [5.41, 5.74) is 6.35. The summed E-state index contributed by atoms with van der Waals surface area (Å²) in [7, 11) is -1.91. The molecule has 2 unspecified atom stereocenters. The SMILES string of the molecule is C=CCOc1ccccc1[Si](C)(C)C1C=C(N2CC3=CC=CCC3C2)c2ccccc21. The van der Waals surface area contributed by atoms with Crippen molar-refractivity contribution in [2.75, 3.05) is 19.7 Å². The van der Waals surface area contributed by atoms with Gasteiger partial charge in [-0.05, 0) is 28.8 Å². The Balaban J connectivity index is 1.53. The largest absolute Gasteiger partial charge is 0.490 e. The molecule has 2 atom stereocenters. The molecule has 2 nitrogen and oxygen atoms in total. The normalized spacial score (nSPS) is 21.9. The summed E-state index contributed by atoms with van der Waals surface area (Å²) >= 11 is 0. The van der Waals surface area contributed by atoms with Crippen molar-refractivity contribution in [3.05, 3.63) is 102 Å². The van der Waals surface area contributed by atoms with Crippen molar-refractivity contribution < 1.29 is 4.74 Å². The summed E-state index contributed by atoms with van der Waals surface area (Å²) in [6.07, 6.45) is 12.4. The van der Waals surface area contributed by atoms with Crippen LogP contribution in [0.15, 0.2) is 91.1 Å². The number of para-hydroxylation sites is 1. The van der Waals surface area contributed by atoms with Crippen LogP contribution in [0.25, 0.3) is 5.70 Å². The lowest BCUT2D eigenvalue weighted by atomic mass is 9.95. The van der Waals surface area contributed by atoms with Crippen LogP contribution in [0, 0.1) is 5.92 Å². The molecule has 0 N–H and O–H groups in total. The maximum absolute atomic E-state index is 6.08. The molecule has 3 aliphatic rings. The molecule has 5 rings (SSSR count). The number of fused-ring (bicyclic) bond motifs is 2. The number of allylic oxidation sites excluding steroid dienone is 4. The van der Waals surface area contributed by atoms with Crippen LogP contribution in [-0.2, 0) is 0 Å². The van der Waals surface area contributed by atoms with E-state index in [0.29, 0.717) is 18.1 Å². The number of hydrogen-bond acceptors (Lipinski definition) is 2. The molecule has 0 amide bonds. The summed E-state index contributed by atoms with van der Waals surface area (Å²) in [6, 6.07) is 17.7. The number of hydrogen-bond donors (Lipinski definition) is 0. The van der Waals surface area contributed by atoms with Crippen LogP contribution in [0.1, 0.15) is 23.1 Å². The first-order chi connectivity index (χ1) is 15.1. The molecule has 1 saturated heterocycles. The quantitative estimate of drug-likeness (QED) is 0.437. The van der Waals surface area contributed by atoms with Gasteiger partial charge in [-0.2, -0.15) is 0 Å². The van der Waals surface area contributed by atoms with E-state index in [2.05, 4.69) is 97.4 Å². The lowest BCUT2D eigenvalue weighted by molar-refractivity contribution is 0.366. The van der Waals surface area contributed by atoms with E-state index >= 15 is 0 Å². The topological polar surface area (TPSA) is 12.5 Å². The summed E-state index contributed by atoms with van der Waals surface area (Å²) in [4.78, 5) is 2.62. The average Bonchev–Trinajstić information content (AvgIpc) is 3.39. The van der Waals surface area contributed by atoms with Crippen LogP contribution in [0.4, 0.5) is 0 Å². The van der Waals surface area contributed by atoms with Gasteiger partial charge >= 0.3 is 0 Å². The van der Waals surface area contributed by atoms with Crippen molar-refractivity contribution in [2.24, 2.45) is 5.92 Å². The van der Waals surface area contributed by atoms with Gasteiger partial charge in [0.25, 0.3) is 0 Å². The maximum atomic E-state index is 6.08. The lowest BCUT2D eigenvalue weighted by Crippen LogP contribution is -2.47. The van der Waals surface area contributed by atoms with E-state index in [1.165, 1.54) is 28.4 Å². The van der Waals surface area contributed by atoms with Crippen molar-refractivity contribution in [1.29, 1.82) is 0 Å². The van der Waals surface area contributed by atoms with Crippen LogP contribution in [0.5, 0.6) is 5.75 Å².